The van der Waals surface area contributed by atoms with Crippen molar-refractivity contribution >= 4 is 52.0 Å². The molecule has 360 valence electrons. The number of carbonyl (C=O) groups is 5. The average Bonchev–Trinajstić information content (AvgIpc) is 3.99. The first-order valence-corrected chi connectivity index (χ1v) is 24.6. The molecule has 0 spiro atoms. The number of fused-ring (bicyclic) bond motifs is 6. The number of aromatic nitrogens is 3. The summed E-state index contributed by atoms with van der Waals surface area (Å²) >= 11 is 1.41. The van der Waals surface area contributed by atoms with Crippen molar-refractivity contribution in [2.75, 3.05) is 53.5 Å². The third kappa shape index (κ3) is 9.94. The molecule has 4 aliphatic heterocycles. The first kappa shape index (κ1) is 48.0. The topological polar surface area (TPSA) is 193 Å². The number of urea groups is 1. The van der Waals surface area contributed by atoms with Gasteiger partial charge in [0, 0.05) is 105 Å². The van der Waals surface area contributed by atoms with Crippen molar-refractivity contribution in [1.82, 2.24) is 50.3 Å². The molecular formula is C49H66N10O7S. The molecule has 67 heavy (non-hydrogen) atoms. The standard InChI is InChI=1S/C49H66N10O7S/c1-10-57-39-16-15-31-21-33(39)34(43(57)32-13-11-17-50-41(32)30(5)65-9)23-49(6,7)27-66-47(63)35-14-12-18-59(54-35)46(62)36(22-40-52-38(31)26-67-40)53-44(60)42(28(2)3)55(8)48(64)58-20-19-56(25-29(58)4)45(61)37-24-51-37/h11,13,15-17,21,26,28-30,35-37,42,51,54H,10,12,14,18-20,22-25,27H2,1-9H3,(H,53,60)/t29-,30+,35+,36+,37+,42+/m1/s1. The predicted octanol–water partition coefficient (Wildman–Crippen LogP) is 4.78. The maximum Gasteiger partial charge on any atom is 0.324 e. The van der Waals surface area contributed by atoms with E-state index in [0.717, 1.165) is 44.7 Å². The lowest BCUT2D eigenvalue weighted by Crippen LogP contribution is -2.63. The van der Waals surface area contributed by atoms with Crippen LogP contribution >= 0.6 is 11.3 Å². The predicted molar refractivity (Wildman–Crippen MR) is 256 cm³/mol. The minimum atomic E-state index is -1.08. The van der Waals surface area contributed by atoms with Crippen LogP contribution in [0.15, 0.2) is 41.9 Å². The Labute approximate surface area is 396 Å². The summed E-state index contributed by atoms with van der Waals surface area (Å²) in [5.41, 5.74) is 9.28. The molecule has 1 aromatic carbocycles. The van der Waals surface area contributed by atoms with Crippen molar-refractivity contribution in [3.8, 4) is 22.5 Å². The van der Waals surface area contributed by atoms with Crippen LogP contribution in [0.1, 0.15) is 83.7 Å². The number of methoxy groups -OCH3 is 1. The first-order valence-electron chi connectivity index (χ1n) is 23.7. The lowest BCUT2D eigenvalue weighted by molar-refractivity contribution is -0.155. The number of hydrogen-bond donors (Lipinski definition) is 3. The largest absolute Gasteiger partial charge is 0.464 e. The Morgan fingerprint density at radius 2 is 1.90 bits per heavy atom. The summed E-state index contributed by atoms with van der Waals surface area (Å²) in [5.74, 6) is -1.63. The van der Waals surface area contributed by atoms with Gasteiger partial charge in [-0.05, 0) is 75.8 Å². The summed E-state index contributed by atoms with van der Waals surface area (Å²) in [6, 6.07) is 6.88. The number of aryl methyl sites for hydroxylation is 1. The number of nitrogens with zero attached hydrogens (tertiary/aromatic N) is 7. The van der Waals surface area contributed by atoms with Crippen LogP contribution in [0.4, 0.5) is 4.79 Å². The minimum Gasteiger partial charge on any atom is -0.464 e. The van der Waals surface area contributed by atoms with Crippen molar-refractivity contribution in [3.63, 3.8) is 0 Å². The summed E-state index contributed by atoms with van der Waals surface area (Å²) in [6.45, 7) is 16.9. The summed E-state index contributed by atoms with van der Waals surface area (Å²) in [4.78, 5) is 84.9. The molecule has 3 aromatic heterocycles. The van der Waals surface area contributed by atoms with Crippen LogP contribution in [-0.4, -0.2) is 148 Å². The SMILES string of the molecule is CCn1c(-c2cccnc2[C@H](C)OC)c2c3cc(ccc31)-c1csc(n1)C[C@H](NC(=O)[C@H](C(C)C)N(C)C(=O)N1CCN(C(=O)[C@@H]3CN3)C[C@H]1C)C(=O)N1CCC[C@H](N1)C(=O)OCC(C)(C)C2. The second kappa shape index (κ2) is 19.7. The molecule has 0 saturated carbocycles. The number of rotatable bonds is 9. The van der Waals surface area contributed by atoms with Crippen molar-refractivity contribution in [2.45, 2.75) is 117 Å². The normalized spacial score (nSPS) is 23.1. The molecule has 0 aliphatic carbocycles. The Hall–Kier alpha value is -5.43. The molecule has 5 amide bonds. The van der Waals surface area contributed by atoms with Gasteiger partial charge in [0.15, 0.2) is 0 Å². The zero-order chi connectivity index (χ0) is 47.9. The molecule has 8 rings (SSSR count). The average molecular weight is 939 g/mol. The third-order valence-corrected chi connectivity index (χ3v) is 14.5. The van der Waals surface area contributed by atoms with Crippen LogP contribution in [-0.2, 0) is 48.0 Å². The molecule has 0 unspecified atom stereocenters. The van der Waals surface area contributed by atoms with E-state index < -0.39 is 41.3 Å². The molecule has 3 fully saturated rings. The van der Waals surface area contributed by atoms with Gasteiger partial charge in [0.1, 0.15) is 18.1 Å². The number of esters is 1. The van der Waals surface area contributed by atoms with Crippen LogP contribution in [0.5, 0.6) is 0 Å². The number of likely N-dealkylation sites (N-methyl/N-ethyl adjacent to an activating group) is 1. The van der Waals surface area contributed by atoms with Gasteiger partial charge in [0.05, 0.1) is 40.8 Å². The molecule has 17 nitrogen and oxygen atoms in total. The van der Waals surface area contributed by atoms with Gasteiger partial charge in [-0.3, -0.25) is 29.2 Å². The van der Waals surface area contributed by atoms with Crippen molar-refractivity contribution < 1.29 is 33.4 Å². The molecule has 4 aromatic rings. The highest BCUT2D eigenvalue weighted by Crippen LogP contribution is 2.42. The van der Waals surface area contributed by atoms with E-state index in [9.17, 15) is 24.0 Å². The second-order valence-corrected chi connectivity index (χ2v) is 20.6. The van der Waals surface area contributed by atoms with Crippen molar-refractivity contribution in [2.24, 2.45) is 11.3 Å². The number of amides is 5. The molecule has 3 saturated heterocycles. The molecule has 3 N–H and O–H groups in total. The van der Waals surface area contributed by atoms with E-state index >= 15 is 0 Å². The Morgan fingerprint density at radius 1 is 1.12 bits per heavy atom. The highest BCUT2D eigenvalue weighted by Gasteiger charge is 2.42. The van der Waals surface area contributed by atoms with Gasteiger partial charge in [-0.1, -0.05) is 33.8 Å². The smallest absolute Gasteiger partial charge is 0.324 e. The fraction of sp³-hybridized carbons (Fsp3) is 0.571. The van der Waals surface area contributed by atoms with Crippen LogP contribution in [0.2, 0.25) is 0 Å². The lowest BCUT2D eigenvalue weighted by atomic mass is 9.84. The van der Waals surface area contributed by atoms with Gasteiger partial charge in [-0.15, -0.1) is 11.3 Å². The zero-order valence-electron chi connectivity index (χ0n) is 40.3. The summed E-state index contributed by atoms with van der Waals surface area (Å²) in [6.07, 6.45) is 3.20. The zero-order valence-corrected chi connectivity index (χ0v) is 41.1. The van der Waals surface area contributed by atoms with Crippen molar-refractivity contribution in [3.05, 3.63) is 58.2 Å². The van der Waals surface area contributed by atoms with Gasteiger partial charge in [0.2, 0.25) is 11.8 Å². The van der Waals surface area contributed by atoms with Gasteiger partial charge in [-0.25, -0.2) is 15.2 Å². The van der Waals surface area contributed by atoms with E-state index in [2.05, 4.69) is 65.7 Å². The fourth-order valence-electron chi connectivity index (χ4n) is 9.96. The maximum absolute atomic E-state index is 14.7. The quantitative estimate of drug-likeness (QED) is 0.155. The Kier molecular flexibility index (Phi) is 14.1. The minimum absolute atomic E-state index is 0.0448. The molecular weight excluding hydrogens is 873 g/mol. The van der Waals surface area contributed by atoms with Crippen molar-refractivity contribution in [1.29, 1.82) is 0 Å². The maximum atomic E-state index is 14.7. The second-order valence-electron chi connectivity index (χ2n) is 19.6. The lowest BCUT2D eigenvalue weighted by Gasteiger charge is -2.43. The number of cyclic esters (lactones) is 1. The Bertz CT molecular complexity index is 2520. The number of nitrogens with one attached hydrogen (secondary N) is 3. The first-order chi connectivity index (χ1) is 32.0. The van der Waals surface area contributed by atoms with E-state index in [-0.39, 0.29) is 49.1 Å². The van der Waals surface area contributed by atoms with Crippen LogP contribution in [0.25, 0.3) is 33.4 Å². The van der Waals surface area contributed by atoms with E-state index in [1.54, 1.807) is 30.2 Å². The third-order valence-electron chi connectivity index (χ3n) is 13.7. The monoisotopic (exact) mass is 938 g/mol. The van der Waals surface area contributed by atoms with Crippen LogP contribution in [0.3, 0.4) is 0 Å². The summed E-state index contributed by atoms with van der Waals surface area (Å²) in [7, 11) is 3.30. The summed E-state index contributed by atoms with van der Waals surface area (Å²) in [5, 5.41) is 11.2. The number of hydrazine groups is 1. The summed E-state index contributed by atoms with van der Waals surface area (Å²) < 4.78 is 14.3. The molecule has 0 radical (unpaired) electrons. The number of ether oxygens (including phenoxy) is 2. The molecule has 6 atom stereocenters. The highest BCUT2D eigenvalue weighted by atomic mass is 32.1. The van der Waals surface area contributed by atoms with Gasteiger partial charge < -0.3 is 39.4 Å². The fourth-order valence-corrected chi connectivity index (χ4v) is 10.8. The number of carbonyl (C=O) groups excluding carboxylic acids is 5. The number of thiazole rings is 1. The molecule has 6 bridgehead atoms. The Morgan fingerprint density at radius 3 is 2.60 bits per heavy atom. The molecule has 7 heterocycles. The van der Waals surface area contributed by atoms with Crippen LogP contribution < -0.4 is 16.1 Å². The molecule has 4 aliphatic rings. The van der Waals surface area contributed by atoms with Crippen LogP contribution in [0, 0.1) is 11.3 Å². The van der Waals surface area contributed by atoms with E-state index in [1.807, 2.05) is 39.1 Å². The number of benzene rings is 1. The van der Waals surface area contributed by atoms with E-state index in [0.29, 0.717) is 63.5 Å². The van der Waals surface area contributed by atoms with Gasteiger partial charge in [-0.2, -0.15) is 0 Å². The molecule has 18 heteroatoms. The number of hydrogen-bond acceptors (Lipinski definition) is 12. The van der Waals surface area contributed by atoms with E-state index in [4.69, 9.17) is 19.4 Å². The highest BCUT2D eigenvalue weighted by molar-refractivity contribution is 7.10. The Balaban J connectivity index is 1.13. The van der Waals surface area contributed by atoms with Gasteiger partial charge >= 0.3 is 12.0 Å². The number of piperazine rings is 1. The van der Waals surface area contributed by atoms with Gasteiger partial charge in [0.25, 0.3) is 5.91 Å². The number of pyridine rings is 1. The van der Waals surface area contributed by atoms with E-state index in [1.165, 1.54) is 21.2 Å².